The molecule has 358 valence electrons. The Kier molecular flexibility index (Phi) is 17.9. The van der Waals surface area contributed by atoms with Crippen molar-refractivity contribution in [2.75, 3.05) is 60.0 Å². The number of ether oxygens (including phenoxy) is 1. The molecule has 0 aliphatic carbocycles. The number of nitrogens with zero attached hydrogens (tertiary/aromatic N) is 3. The Morgan fingerprint density at radius 2 is 1.60 bits per heavy atom. The van der Waals surface area contributed by atoms with Crippen LogP contribution in [0.25, 0.3) is 22.3 Å². The van der Waals surface area contributed by atoms with Crippen LogP contribution in [0.2, 0.25) is 5.02 Å². The number of piperazine rings is 1. The zero-order valence-electron chi connectivity index (χ0n) is 39.1. The largest absolute Gasteiger partial charge is 0.507 e. The fourth-order valence-electron chi connectivity index (χ4n) is 8.28. The molecule has 1 fully saturated rings. The van der Waals surface area contributed by atoms with Crippen LogP contribution in [0.4, 0.5) is 0 Å². The number of phenolic OH excluding ortho intramolecular Hbond substituents is 1. The molecule has 1 unspecified atom stereocenters. The Hall–Kier alpha value is -5.84. The summed E-state index contributed by atoms with van der Waals surface area (Å²) in [5, 5.41) is 23.9. The summed E-state index contributed by atoms with van der Waals surface area (Å²) in [5.74, 6) is -2.16. The molecule has 2 aliphatic heterocycles. The van der Waals surface area contributed by atoms with Crippen LogP contribution in [0.5, 0.6) is 11.5 Å². The van der Waals surface area contributed by atoms with E-state index in [1.165, 1.54) is 24.8 Å². The number of nitrogens with two attached hydrogens (primary N) is 1. The number of rotatable bonds is 17. The van der Waals surface area contributed by atoms with Gasteiger partial charge in [-0.05, 0) is 111 Å². The summed E-state index contributed by atoms with van der Waals surface area (Å²) >= 11 is 6.11. The van der Waals surface area contributed by atoms with Crippen molar-refractivity contribution in [3.8, 4) is 33.8 Å². The zero-order valence-corrected chi connectivity index (χ0v) is 39.9. The zero-order chi connectivity index (χ0) is 48.2. The van der Waals surface area contributed by atoms with Gasteiger partial charge in [0.15, 0.2) is 5.78 Å². The topological polar surface area (TPSA) is 199 Å². The van der Waals surface area contributed by atoms with E-state index in [1.807, 2.05) is 48.5 Å². The molecule has 4 aromatic carbocycles. The molecule has 4 bridgehead atoms. The van der Waals surface area contributed by atoms with Gasteiger partial charge < -0.3 is 46.6 Å². The number of halogens is 1. The second kappa shape index (κ2) is 23.7. The van der Waals surface area contributed by atoms with Crippen LogP contribution in [0.15, 0.2) is 84.9 Å². The first-order chi connectivity index (χ1) is 32.1. The molecule has 15 nitrogen and oxygen atoms in total. The number of unbranched alkanes of at least 4 members (excludes halogenated alkanes) is 1. The van der Waals surface area contributed by atoms with Crippen molar-refractivity contribution in [2.24, 2.45) is 5.73 Å². The summed E-state index contributed by atoms with van der Waals surface area (Å²) in [5.41, 5.74) is 10.7. The van der Waals surface area contributed by atoms with Gasteiger partial charge in [-0.15, -0.1) is 0 Å². The average Bonchev–Trinajstić information content (AvgIpc) is 3.31. The van der Waals surface area contributed by atoms with Crippen molar-refractivity contribution in [1.82, 2.24) is 36.0 Å². The number of nitrogens with one attached hydrogen (secondary N) is 4. The van der Waals surface area contributed by atoms with Gasteiger partial charge in [0.05, 0.1) is 12.1 Å². The quantitative estimate of drug-likeness (QED) is 0.0820. The molecule has 0 saturated carbocycles. The molecule has 0 aromatic heterocycles. The van der Waals surface area contributed by atoms with Crippen molar-refractivity contribution in [3.05, 3.63) is 107 Å². The van der Waals surface area contributed by atoms with Crippen molar-refractivity contribution in [3.63, 3.8) is 0 Å². The summed E-state index contributed by atoms with van der Waals surface area (Å²) in [6, 6.07) is 20.6. The van der Waals surface area contributed by atoms with Gasteiger partial charge in [0.1, 0.15) is 36.2 Å². The number of ketones is 1. The second-order valence-electron chi connectivity index (χ2n) is 17.7. The first kappa shape index (κ1) is 50.6. The Balaban J connectivity index is 1.36. The van der Waals surface area contributed by atoms with E-state index in [2.05, 4.69) is 38.1 Å². The smallest absolute Gasteiger partial charge is 0.248 e. The fraction of sp³-hybridized carbons (Fsp3) is 0.431. The minimum atomic E-state index is -1.26. The van der Waals surface area contributed by atoms with E-state index >= 15 is 0 Å². The number of fused-ring (bicyclic) bond motifs is 5. The molecule has 0 spiro atoms. The van der Waals surface area contributed by atoms with Gasteiger partial charge >= 0.3 is 0 Å². The molecule has 6 rings (SSSR count). The second-order valence-corrected chi connectivity index (χ2v) is 18.1. The number of carbonyl (C=O) groups excluding carboxylic acids is 5. The van der Waals surface area contributed by atoms with E-state index in [-0.39, 0.29) is 23.9 Å². The SMILES string of the molecule is CC(=O)[C@H](C)NC(=O)[C@@H]1Cc2ccc(O)c(c2)-c2cc(ccc2OCCN2CCN(C)CC2)C(N(C)C(=O)[C@H](CCCCN)NCc2ccc(-c3ccc(Cl)cc3)cc2)C(=O)N[C@@H](C)C(=O)N1. The average molecular weight is 938 g/mol. The van der Waals surface area contributed by atoms with Crippen molar-refractivity contribution >= 4 is 41.0 Å². The Morgan fingerprint density at radius 1 is 0.910 bits per heavy atom. The van der Waals surface area contributed by atoms with Crippen LogP contribution in [0.1, 0.15) is 62.8 Å². The van der Waals surface area contributed by atoms with Crippen molar-refractivity contribution in [2.45, 2.75) is 83.2 Å². The van der Waals surface area contributed by atoms with E-state index in [0.717, 1.165) is 42.9 Å². The Morgan fingerprint density at radius 3 is 2.27 bits per heavy atom. The van der Waals surface area contributed by atoms with E-state index in [9.17, 15) is 29.1 Å². The first-order valence-corrected chi connectivity index (χ1v) is 23.5. The van der Waals surface area contributed by atoms with E-state index in [1.54, 1.807) is 44.3 Å². The Bertz CT molecular complexity index is 2360. The van der Waals surface area contributed by atoms with Crippen LogP contribution in [-0.2, 0) is 36.9 Å². The van der Waals surface area contributed by atoms with Gasteiger partial charge in [0, 0.05) is 68.9 Å². The number of hydrogen-bond donors (Lipinski definition) is 6. The highest BCUT2D eigenvalue weighted by Gasteiger charge is 2.36. The number of Topliss-reactive ketones (excluding diaryl/α,β-unsaturated/α-hetero) is 1. The van der Waals surface area contributed by atoms with Crippen LogP contribution in [0.3, 0.4) is 0 Å². The number of amides is 4. The molecule has 2 heterocycles. The minimum absolute atomic E-state index is 0.000333. The normalized spacial score (nSPS) is 19.0. The lowest BCUT2D eigenvalue weighted by Crippen LogP contribution is -2.56. The maximum atomic E-state index is 14.8. The molecular weight excluding hydrogens is 872 g/mol. The summed E-state index contributed by atoms with van der Waals surface area (Å²) < 4.78 is 6.47. The third-order valence-corrected chi connectivity index (χ3v) is 12.9. The predicted molar refractivity (Wildman–Crippen MR) is 260 cm³/mol. The van der Waals surface area contributed by atoms with Crippen molar-refractivity contribution < 1.29 is 33.8 Å². The number of carbonyl (C=O) groups is 5. The Labute approximate surface area is 398 Å². The summed E-state index contributed by atoms with van der Waals surface area (Å²) in [6.07, 6.45) is 1.78. The third-order valence-electron chi connectivity index (χ3n) is 12.6. The van der Waals surface area contributed by atoms with Gasteiger partial charge in [-0.3, -0.25) is 28.9 Å². The van der Waals surface area contributed by atoms with E-state index in [4.69, 9.17) is 22.1 Å². The summed E-state index contributed by atoms with van der Waals surface area (Å²) in [4.78, 5) is 75.2. The lowest BCUT2D eigenvalue weighted by molar-refractivity contribution is -0.142. The molecule has 5 atom stereocenters. The third kappa shape index (κ3) is 13.6. The lowest BCUT2D eigenvalue weighted by atomic mass is 9.93. The molecule has 67 heavy (non-hydrogen) atoms. The molecule has 16 heteroatoms. The highest BCUT2D eigenvalue weighted by molar-refractivity contribution is 6.30. The van der Waals surface area contributed by atoms with Crippen LogP contribution < -0.4 is 31.7 Å². The molecule has 7 N–H and O–H groups in total. The van der Waals surface area contributed by atoms with Crippen molar-refractivity contribution in [1.29, 1.82) is 0 Å². The molecule has 4 aromatic rings. The highest BCUT2D eigenvalue weighted by atomic mass is 35.5. The van der Waals surface area contributed by atoms with Crippen LogP contribution in [-0.4, -0.2) is 133 Å². The van der Waals surface area contributed by atoms with Gasteiger partial charge in [0.25, 0.3) is 0 Å². The number of likely N-dealkylation sites (N-methyl/N-ethyl adjacent to an activating group) is 2. The monoisotopic (exact) mass is 936 g/mol. The number of hydrogen-bond acceptors (Lipinski definition) is 11. The van der Waals surface area contributed by atoms with E-state index < -0.39 is 47.9 Å². The molecular formula is C51H65ClN8O7. The fourth-order valence-corrected chi connectivity index (χ4v) is 8.41. The summed E-state index contributed by atoms with van der Waals surface area (Å²) in [7, 11) is 3.66. The van der Waals surface area contributed by atoms with Crippen LogP contribution >= 0.6 is 11.6 Å². The molecule has 1 saturated heterocycles. The van der Waals surface area contributed by atoms with Gasteiger partial charge in [-0.1, -0.05) is 66.6 Å². The number of phenols is 1. The lowest BCUT2D eigenvalue weighted by Gasteiger charge is -2.33. The van der Waals surface area contributed by atoms with Gasteiger partial charge in [-0.25, -0.2) is 0 Å². The maximum absolute atomic E-state index is 14.8. The molecule has 4 amide bonds. The van der Waals surface area contributed by atoms with Crippen LogP contribution in [0, 0.1) is 0 Å². The number of aromatic hydroxyl groups is 1. The van der Waals surface area contributed by atoms with Gasteiger partial charge in [0.2, 0.25) is 23.6 Å². The molecule has 2 aliphatic rings. The highest BCUT2D eigenvalue weighted by Crippen LogP contribution is 2.40. The maximum Gasteiger partial charge on any atom is 0.248 e. The minimum Gasteiger partial charge on any atom is -0.507 e. The first-order valence-electron chi connectivity index (χ1n) is 23.1. The molecule has 0 radical (unpaired) electrons. The van der Waals surface area contributed by atoms with E-state index in [0.29, 0.717) is 78.5 Å². The van der Waals surface area contributed by atoms with Gasteiger partial charge in [-0.2, -0.15) is 0 Å². The predicted octanol–water partition coefficient (Wildman–Crippen LogP) is 4.43. The number of benzene rings is 4. The summed E-state index contributed by atoms with van der Waals surface area (Å²) in [6.45, 7) is 9.95. The standard InChI is InChI=1S/C51H65ClN8O7/c1-32(34(3)61)55-49(64)44-29-36-11-19-45(62)41(28-36)42-30-39(16-20-46(42)67-27-26-60-24-22-58(4)23-25-60)47(50(65)56-33(2)48(63)57-44)59(5)51(66)43(8-6-7-21-53)54-31-35-9-12-37(13-10-35)38-14-17-40(52)18-15-38/h9-20,28,30,32-33,43-44,47,54,62H,6-8,21-27,29,31,53H2,1-5H3,(H,55,64)(H,56,65)(H,57,63)/t32-,33-,43-,44-,47?/m0/s1.